The summed E-state index contributed by atoms with van der Waals surface area (Å²) in [5, 5.41) is 9.06. The van der Waals surface area contributed by atoms with E-state index in [0.29, 0.717) is 6.42 Å². The second kappa shape index (κ2) is 7.81. The van der Waals surface area contributed by atoms with Gasteiger partial charge in [-0.1, -0.05) is 37.3 Å². The van der Waals surface area contributed by atoms with Crippen LogP contribution in [0.5, 0.6) is 0 Å². The third-order valence-electron chi connectivity index (χ3n) is 6.53. The van der Waals surface area contributed by atoms with Gasteiger partial charge < -0.3 is 4.74 Å². The first-order chi connectivity index (χ1) is 12.8. The zero-order valence-corrected chi connectivity index (χ0v) is 15.8. The third kappa shape index (κ3) is 4.14. The van der Waals surface area contributed by atoms with E-state index in [1.807, 2.05) is 11.0 Å². The molecule has 3 rings (SSSR count). The lowest BCUT2D eigenvalue weighted by Gasteiger charge is -2.55. The molecule has 2 fully saturated rings. The number of ether oxygens (including phenoxy) is 1. The van der Waals surface area contributed by atoms with Crippen LogP contribution in [0.3, 0.4) is 0 Å². The fraction of sp³-hybridized carbons (Fsp3) is 0.667. The van der Waals surface area contributed by atoms with Gasteiger partial charge in [-0.05, 0) is 43.1 Å². The van der Waals surface area contributed by atoms with E-state index < -0.39 is 11.8 Å². The Morgan fingerprint density at radius 2 is 1.81 bits per heavy atom. The zero-order valence-electron chi connectivity index (χ0n) is 15.8. The van der Waals surface area contributed by atoms with Gasteiger partial charge in [-0.2, -0.15) is 18.4 Å². The normalized spacial score (nSPS) is 28.3. The van der Waals surface area contributed by atoms with E-state index in [2.05, 4.69) is 13.0 Å². The first kappa shape index (κ1) is 20.2. The highest BCUT2D eigenvalue weighted by molar-refractivity contribution is 5.14. The largest absolute Gasteiger partial charge is 0.419 e. The van der Waals surface area contributed by atoms with Gasteiger partial charge in [0.05, 0.1) is 12.7 Å². The first-order valence-electron chi connectivity index (χ1n) is 9.69. The fourth-order valence-corrected chi connectivity index (χ4v) is 4.42. The van der Waals surface area contributed by atoms with Crippen molar-refractivity contribution in [2.24, 2.45) is 5.41 Å². The maximum Gasteiger partial charge on any atom is 0.419 e. The molecule has 1 heterocycles. The van der Waals surface area contributed by atoms with Crippen molar-refractivity contribution in [3.05, 3.63) is 35.9 Å². The van der Waals surface area contributed by atoms with Gasteiger partial charge in [-0.3, -0.25) is 4.90 Å². The minimum atomic E-state index is -4.37. The molecule has 0 radical (unpaired) electrons. The number of likely N-dealkylation sites (tertiary alicyclic amines) is 1. The smallest absolute Gasteiger partial charge is 0.358 e. The average Bonchev–Trinajstić information content (AvgIpc) is 2.62. The van der Waals surface area contributed by atoms with Crippen molar-refractivity contribution >= 4 is 0 Å². The van der Waals surface area contributed by atoms with E-state index >= 15 is 0 Å². The Bertz CT molecular complexity index is 654. The maximum atomic E-state index is 13.7. The molecule has 0 atom stereocenters. The quantitative estimate of drug-likeness (QED) is 0.691. The first-order valence-corrected chi connectivity index (χ1v) is 9.69. The van der Waals surface area contributed by atoms with Crippen molar-refractivity contribution in [2.45, 2.75) is 69.9 Å². The molecule has 1 saturated carbocycles. The molecule has 1 aliphatic carbocycles. The van der Waals surface area contributed by atoms with Gasteiger partial charge in [0.1, 0.15) is 0 Å². The van der Waals surface area contributed by atoms with Crippen molar-refractivity contribution in [3.8, 4) is 6.07 Å². The van der Waals surface area contributed by atoms with E-state index in [-0.39, 0.29) is 31.2 Å². The number of benzene rings is 1. The van der Waals surface area contributed by atoms with Gasteiger partial charge >= 0.3 is 6.18 Å². The summed E-state index contributed by atoms with van der Waals surface area (Å²) in [6.07, 6.45) is 0.693. The maximum absolute atomic E-state index is 13.7. The lowest BCUT2D eigenvalue weighted by atomic mass is 9.68. The molecule has 0 bridgehead atoms. The average molecular weight is 380 g/mol. The Kier molecular flexibility index (Phi) is 5.83. The minimum Gasteiger partial charge on any atom is -0.358 e. The number of hydrogen-bond acceptors (Lipinski definition) is 3. The molecular formula is C21H27F3N2O. The van der Waals surface area contributed by atoms with Crippen LogP contribution in [0.15, 0.2) is 30.3 Å². The number of nitriles is 1. The summed E-state index contributed by atoms with van der Waals surface area (Å²) in [5.41, 5.74) is -1.25. The fourth-order valence-electron chi connectivity index (χ4n) is 4.42. The molecule has 1 saturated heterocycles. The molecule has 0 N–H and O–H groups in total. The van der Waals surface area contributed by atoms with Gasteiger partial charge in [0.25, 0.3) is 0 Å². The van der Waals surface area contributed by atoms with Crippen LogP contribution in [-0.4, -0.2) is 35.8 Å². The van der Waals surface area contributed by atoms with Crippen LogP contribution in [-0.2, 0) is 11.3 Å². The van der Waals surface area contributed by atoms with Crippen LogP contribution in [0, 0.1) is 16.7 Å². The highest BCUT2D eigenvalue weighted by atomic mass is 19.4. The standard InChI is InChI=1S/C21H27F3N2O/c1-2-19(12-13-25)10-8-18(9-11-19)26-15-20(16-26,21(22,23)24)27-14-17-6-4-3-5-7-17/h3-7,18H,2,8-12,14-16H2,1H3. The van der Waals surface area contributed by atoms with E-state index in [1.54, 1.807) is 24.3 Å². The zero-order chi connectivity index (χ0) is 19.5. The summed E-state index contributed by atoms with van der Waals surface area (Å²) in [4.78, 5) is 1.92. The second-order valence-corrected chi connectivity index (χ2v) is 8.09. The van der Waals surface area contributed by atoms with E-state index in [1.165, 1.54) is 0 Å². The highest BCUT2D eigenvalue weighted by Gasteiger charge is 2.64. The Morgan fingerprint density at radius 3 is 2.33 bits per heavy atom. The van der Waals surface area contributed by atoms with Crippen molar-refractivity contribution < 1.29 is 17.9 Å². The molecule has 2 aliphatic rings. The second-order valence-electron chi connectivity index (χ2n) is 8.09. The minimum absolute atomic E-state index is 0.0278. The van der Waals surface area contributed by atoms with Crippen molar-refractivity contribution in [3.63, 3.8) is 0 Å². The number of alkyl halides is 3. The molecule has 6 heteroatoms. The molecule has 0 amide bonds. The number of halogens is 3. The van der Waals surface area contributed by atoms with Crippen LogP contribution in [0.1, 0.15) is 51.0 Å². The van der Waals surface area contributed by atoms with Crippen LogP contribution >= 0.6 is 0 Å². The summed E-state index contributed by atoms with van der Waals surface area (Å²) >= 11 is 0. The molecule has 0 aromatic heterocycles. The van der Waals surface area contributed by atoms with Gasteiger partial charge in [-0.25, -0.2) is 0 Å². The van der Waals surface area contributed by atoms with E-state index in [9.17, 15) is 13.2 Å². The lowest BCUT2D eigenvalue weighted by Crippen LogP contribution is -2.72. The van der Waals surface area contributed by atoms with Crippen LogP contribution < -0.4 is 0 Å². The Labute approximate surface area is 159 Å². The van der Waals surface area contributed by atoms with Crippen molar-refractivity contribution in [2.75, 3.05) is 13.1 Å². The van der Waals surface area contributed by atoms with Gasteiger partial charge in [-0.15, -0.1) is 0 Å². The molecule has 1 aromatic rings. The molecule has 1 aromatic carbocycles. The summed E-state index contributed by atoms with van der Waals surface area (Å²) < 4.78 is 46.5. The summed E-state index contributed by atoms with van der Waals surface area (Å²) in [5.74, 6) is 0. The Balaban J connectivity index is 1.58. The molecule has 0 unspecified atom stereocenters. The highest BCUT2D eigenvalue weighted by Crippen LogP contribution is 2.47. The number of hydrogen-bond donors (Lipinski definition) is 0. The number of rotatable bonds is 6. The molecule has 1 aliphatic heterocycles. The van der Waals surface area contributed by atoms with Crippen molar-refractivity contribution in [1.29, 1.82) is 5.26 Å². The predicted molar refractivity (Wildman–Crippen MR) is 96.8 cm³/mol. The van der Waals surface area contributed by atoms with E-state index in [0.717, 1.165) is 37.7 Å². The van der Waals surface area contributed by atoms with Gasteiger partial charge in [0, 0.05) is 25.6 Å². The topological polar surface area (TPSA) is 36.3 Å². The van der Waals surface area contributed by atoms with Crippen LogP contribution in [0.25, 0.3) is 0 Å². The SMILES string of the molecule is CCC1(CC#N)CCC(N2CC(OCc3ccccc3)(C(F)(F)F)C2)CC1. The summed E-state index contributed by atoms with van der Waals surface area (Å²) in [7, 11) is 0. The Morgan fingerprint density at radius 1 is 1.19 bits per heavy atom. The lowest BCUT2D eigenvalue weighted by molar-refractivity contribution is -0.327. The van der Waals surface area contributed by atoms with Gasteiger partial charge in [0.2, 0.25) is 0 Å². The monoisotopic (exact) mass is 380 g/mol. The molecular weight excluding hydrogens is 353 g/mol. The summed E-state index contributed by atoms with van der Waals surface area (Å²) in [6, 6.07) is 11.4. The molecule has 0 spiro atoms. The Hall–Kier alpha value is -1.58. The molecule has 27 heavy (non-hydrogen) atoms. The molecule has 148 valence electrons. The number of nitrogens with zero attached hydrogens (tertiary/aromatic N) is 2. The van der Waals surface area contributed by atoms with Gasteiger partial charge in [0.15, 0.2) is 5.60 Å². The third-order valence-corrected chi connectivity index (χ3v) is 6.53. The predicted octanol–water partition coefficient (Wildman–Crippen LogP) is 5.07. The van der Waals surface area contributed by atoms with Crippen LogP contribution in [0.4, 0.5) is 13.2 Å². The van der Waals surface area contributed by atoms with Crippen molar-refractivity contribution in [1.82, 2.24) is 4.90 Å². The van der Waals surface area contributed by atoms with Crippen LogP contribution in [0.2, 0.25) is 0 Å². The molecule has 3 nitrogen and oxygen atoms in total. The summed E-state index contributed by atoms with van der Waals surface area (Å²) in [6.45, 7) is 1.89. The van der Waals surface area contributed by atoms with E-state index in [4.69, 9.17) is 10.00 Å².